The SMILES string of the molecule is Cc1ccc(NCC(=O)Nc2c(Cl)cccc2Cl)cc1F. The molecule has 0 atom stereocenters. The molecule has 0 heterocycles. The number of anilines is 2. The van der Waals surface area contributed by atoms with E-state index in [2.05, 4.69) is 10.6 Å². The van der Waals surface area contributed by atoms with Crippen LogP contribution >= 0.6 is 23.2 Å². The van der Waals surface area contributed by atoms with E-state index in [1.807, 2.05) is 0 Å². The van der Waals surface area contributed by atoms with Crippen LogP contribution in [0.4, 0.5) is 15.8 Å². The highest BCUT2D eigenvalue weighted by atomic mass is 35.5. The Morgan fingerprint density at radius 1 is 1.19 bits per heavy atom. The number of rotatable bonds is 4. The van der Waals surface area contributed by atoms with E-state index in [0.29, 0.717) is 27.0 Å². The zero-order valence-electron chi connectivity index (χ0n) is 11.2. The average Bonchev–Trinajstić information content (AvgIpc) is 2.44. The van der Waals surface area contributed by atoms with E-state index in [4.69, 9.17) is 23.2 Å². The summed E-state index contributed by atoms with van der Waals surface area (Å²) in [5.74, 6) is -0.652. The molecule has 0 fully saturated rings. The first-order valence-corrected chi connectivity index (χ1v) is 6.97. The lowest BCUT2D eigenvalue weighted by molar-refractivity contribution is -0.114. The van der Waals surface area contributed by atoms with Gasteiger partial charge in [0.05, 0.1) is 22.3 Å². The van der Waals surface area contributed by atoms with Crippen LogP contribution in [0.2, 0.25) is 10.0 Å². The molecule has 0 unspecified atom stereocenters. The van der Waals surface area contributed by atoms with Crippen molar-refractivity contribution in [3.05, 3.63) is 57.8 Å². The Balaban J connectivity index is 1.97. The average molecular weight is 327 g/mol. The number of hydrogen-bond acceptors (Lipinski definition) is 2. The van der Waals surface area contributed by atoms with Crippen LogP contribution in [-0.4, -0.2) is 12.5 Å². The van der Waals surface area contributed by atoms with Crippen LogP contribution in [0.5, 0.6) is 0 Å². The van der Waals surface area contributed by atoms with Crippen LogP contribution in [0.3, 0.4) is 0 Å². The van der Waals surface area contributed by atoms with E-state index in [9.17, 15) is 9.18 Å². The number of benzene rings is 2. The summed E-state index contributed by atoms with van der Waals surface area (Å²) in [7, 11) is 0. The van der Waals surface area contributed by atoms with Crippen molar-refractivity contribution in [2.24, 2.45) is 0 Å². The monoisotopic (exact) mass is 326 g/mol. The minimum Gasteiger partial charge on any atom is -0.376 e. The Morgan fingerprint density at radius 3 is 2.48 bits per heavy atom. The van der Waals surface area contributed by atoms with Crippen molar-refractivity contribution in [2.75, 3.05) is 17.2 Å². The third-order valence-electron chi connectivity index (χ3n) is 2.85. The minimum atomic E-state index is -0.328. The Morgan fingerprint density at radius 2 is 1.86 bits per heavy atom. The minimum absolute atomic E-state index is 0.0238. The number of nitrogens with one attached hydrogen (secondary N) is 2. The van der Waals surface area contributed by atoms with Crippen molar-refractivity contribution >= 4 is 40.5 Å². The molecule has 0 radical (unpaired) electrons. The van der Waals surface area contributed by atoms with Crippen molar-refractivity contribution in [2.45, 2.75) is 6.92 Å². The zero-order chi connectivity index (χ0) is 15.4. The second-order valence-electron chi connectivity index (χ2n) is 4.46. The smallest absolute Gasteiger partial charge is 0.243 e. The van der Waals surface area contributed by atoms with Gasteiger partial charge in [-0.1, -0.05) is 35.3 Å². The van der Waals surface area contributed by atoms with E-state index in [1.54, 1.807) is 37.3 Å². The first-order valence-electron chi connectivity index (χ1n) is 6.21. The highest BCUT2D eigenvalue weighted by Crippen LogP contribution is 2.29. The molecule has 21 heavy (non-hydrogen) atoms. The Bertz CT molecular complexity index is 656. The molecule has 0 aliphatic carbocycles. The number of carbonyl (C=O) groups excluding carboxylic acids is 1. The molecule has 2 aromatic carbocycles. The Kier molecular flexibility index (Phi) is 5.04. The molecule has 0 bridgehead atoms. The van der Waals surface area contributed by atoms with E-state index in [1.165, 1.54) is 6.07 Å². The molecule has 0 aromatic heterocycles. The molecule has 0 aliphatic heterocycles. The summed E-state index contributed by atoms with van der Waals surface area (Å²) >= 11 is 11.9. The molecular weight excluding hydrogens is 314 g/mol. The van der Waals surface area contributed by atoms with Gasteiger partial charge in [-0.15, -0.1) is 0 Å². The molecule has 0 aliphatic rings. The maximum absolute atomic E-state index is 13.4. The number of hydrogen-bond donors (Lipinski definition) is 2. The predicted molar refractivity (Wildman–Crippen MR) is 84.7 cm³/mol. The first kappa shape index (κ1) is 15.6. The third-order valence-corrected chi connectivity index (χ3v) is 3.48. The summed E-state index contributed by atoms with van der Waals surface area (Å²) in [5, 5.41) is 6.17. The standard InChI is InChI=1S/C15H13Cl2FN2O/c1-9-5-6-10(7-13(9)18)19-8-14(21)20-15-11(16)3-2-4-12(15)17/h2-7,19H,8H2,1H3,(H,20,21). The quantitative estimate of drug-likeness (QED) is 0.869. The molecule has 0 spiro atoms. The Labute approximate surface area is 132 Å². The summed E-state index contributed by atoms with van der Waals surface area (Å²) in [6.07, 6.45) is 0. The molecule has 0 saturated heterocycles. The van der Waals surface area contributed by atoms with Crippen LogP contribution in [-0.2, 0) is 4.79 Å². The number of para-hydroxylation sites is 1. The van der Waals surface area contributed by atoms with Gasteiger partial charge < -0.3 is 10.6 Å². The van der Waals surface area contributed by atoms with Crippen molar-refractivity contribution in [1.29, 1.82) is 0 Å². The van der Waals surface area contributed by atoms with Crippen LogP contribution < -0.4 is 10.6 Å². The first-order chi connectivity index (χ1) is 9.97. The lowest BCUT2D eigenvalue weighted by Crippen LogP contribution is -2.22. The second-order valence-corrected chi connectivity index (χ2v) is 5.28. The van der Waals surface area contributed by atoms with Gasteiger partial charge in [-0.3, -0.25) is 4.79 Å². The van der Waals surface area contributed by atoms with E-state index >= 15 is 0 Å². The Hall–Kier alpha value is -1.78. The molecule has 0 saturated carbocycles. The van der Waals surface area contributed by atoms with E-state index in [-0.39, 0.29) is 18.3 Å². The van der Waals surface area contributed by atoms with Crippen molar-refractivity contribution in [3.8, 4) is 0 Å². The van der Waals surface area contributed by atoms with Crippen molar-refractivity contribution < 1.29 is 9.18 Å². The van der Waals surface area contributed by atoms with Gasteiger partial charge in [0.15, 0.2) is 0 Å². The fourth-order valence-corrected chi connectivity index (χ4v) is 2.18. The zero-order valence-corrected chi connectivity index (χ0v) is 12.7. The summed E-state index contributed by atoms with van der Waals surface area (Å²) < 4.78 is 13.4. The lowest BCUT2D eigenvalue weighted by atomic mass is 10.2. The lowest BCUT2D eigenvalue weighted by Gasteiger charge is -2.10. The summed E-state index contributed by atoms with van der Waals surface area (Å²) in [5.41, 5.74) is 1.44. The normalized spacial score (nSPS) is 10.3. The van der Waals surface area contributed by atoms with Gasteiger partial charge in [0.1, 0.15) is 5.82 Å². The number of halogens is 3. The molecule has 2 aromatic rings. The van der Waals surface area contributed by atoms with Crippen molar-refractivity contribution in [3.63, 3.8) is 0 Å². The van der Waals surface area contributed by atoms with Crippen molar-refractivity contribution in [1.82, 2.24) is 0 Å². The van der Waals surface area contributed by atoms with Gasteiger partial charge in [0, 0.05) is 5.69 Å². The van der Waals surface area contributed by atoms with Gasteiger partial charge >= 0.3 is 0 Å². The largest absolute Gasteiger partial charge is 0.376 e. The highest BCUT2D eigenvalue weighted by Gasteiger charge is 2.09. The molecular formula is C15H13Cl2FN2O. The summed E-state index contributed by atoms with van der Waals surface area (Å²) in [6, 6.07) is 9.63. The second kappa shape index (κ2) is 6.78. The predicted octanol–water partition coefficient (Wildman–Crippen LogP) is 4.49. The maximum atomic E-state index is 13.4. The number of aryl methyl sites for hydroxylation is 1. The fraction of sp³-hybridized carbons (Fsp3) is 0.133. The van der Waals surface area contributed by atoms with E-state index < -0.39 is 0 Å². The topological polar surface area (TPSA) is 41.1 Å². The molecule has 110 valence electrons. The van der Waals surface area contributed by atoms with Crippen LogP contribution in [0.15, 0.2) is 36.4 Å². The number of amides is 1. The van der Waals surface area contributed by atoms with Gasteiger partial charge in [0.2, 0.25) is 5.91 Å². The summed E-state index contributed by atoms with van der Waals surface area (Å²) in [6.45, 7) is 1.65. The van der Waals surface area contributed by atoms with Gasteiger partial charge in [0.25, 0.3) is 0 Å². The van der Waals surface area contributed by atoms with Crippen LogP contribution in [0.25, 0.3) is 0 Å². The third kappa shape index (κ3) is 4.09. The van der Waals surface area contributed by atoms with Crippen LogP contribution in [0, 0.1) is 12.7 Å². The molecule has 2 rings (SSSR count). The molecule has 1 amide bonds. The molecule has 2 N–H and O–H groups in total. The van der Waals surface area contributed by atoms with E-state index in [0.717, 1.165) is 0 Å². The van der Waals surface area contributed by atoms with Gasteiger partial charge in [-0.05, 0) is 36.8 Å². The van der Waals surface area contributed by atoms with Gasteiger partial charge in [-0.25, -0.2) is 4.39 Å². The van der Waals surface area contributed by atoms with Crippen LogP contribution in [0.1, 0.15) is 5.56 Å². The number of carbonyl (C=O) groups is 1. The molecule has 6 heteroatoms. The van der Waals surface area contributed by atoms with Gasteiger partial charge in [-0.2, -0.15) is 0 Å². The maximum Gasteiger partial charge on any atom is 0.243 e. The summed E-state index contributed by atoms with van der Waals surface area (Å²) in [4.78, 5) is 11.9. The fourth-order valence-electron chi connectivity index (χ4n) is 1.69. The highest BCUT2D eigenvalue weighted by molar-refractivity contribution is 6.39. The molecule has 3 nitrogen and oxygen atoms in total.